The lowest BCUT2D eigenvalue weighted by Gasteiger charge is -2.13. The normalized spacial score (nSPS) is 11.2. The molecule has 0 spiro atoms. The fraction of sp³-hybridized carbons (Fsp3) is 0.242. The number of Topliss-reactive ketones (excluding diaryl/α,β-unsaturated/α-hetero) is 1. The van der Waals surface area contributed by atoms with E-state index in [1.54, 1.807) is 18.2 Å². The minimum absolute atomic E-state index is 0. The molecule has 37 heavy (non-hydrogen) atoms. The zero-order valence-electron chi connectivity index (χ0n) is 22.5. The fourth-order valence-corrected chi connectivity index (χ4v) is 4.07. The number of phenolic OH excluding ortho intramolecular Hbond substituents is 1. The number of hydrogen-bond donors (Lipinski definition) is 1. The summed E-state index contributed by atoms with van der Waals surface area (Å²) in [6.07, 6.45) is 10.6. The highest BCUT2D eigenvalue weighted by Crippen LogP contribution is 2.33. The molecule has 3 aromatic rings. The predicted octanol–water partition coefficient (Wildman–Crippen LogP) is 8.08. The van der Waals surface area contributed by atoms with Crippen molar-refractivity contribution in [2.24, 2.45) is 0 Å². The quantitative estimate of drug-likeness (QED) is 0.208. The summed E-state index contributed by atoms with van der Waals surface area (Å²) in [7, 11) is 4.24. The predicted molar refractivity (Wildman–Crippen MR) is 161 cm³/mol. The maximum absolute atomic E-state index is 11.1. The number of halogens is 1. The molecule has 0 radical (unpaired) electrons. The van der Waals surface area contributed by atoms with Crippen LogP contribution in [0.2, 0.25) is 0 Å². The van der Waals surface area contributed by atoms with E-state index in [4.69, 9.17) is 0 Å². The van der Waals surface area contributed by atoms with Crippen LogP contribution in [0, 0.1) is 0 Å². The maximum atomic E-state index is 11.1. The lowest BCUT2D eigenvalue weighted by atomic mass is 9.93. The number of allylic oxidation sites excluding steroid dienone is 2. The van der Waals surface area contributed by atoms with Crippen molar-refractivity contribution in [2.75, 3.05) is 20.6 Å². The van der Waals surface area contributed by atoms with Crippen molar-refractivity contribution in [3.63, 3.8) is 0 Å². The second kappa shape index (κ2) is 14.4. The summed E-state index contributed by atoms with van der Waals surface area (Å²) in [5.74, 6) is 0.269. The average Bonchev–Trinajstić information content (AvgIpc) is 3.01. The third-order valence-corrected chi connectivity index (χ3v) is 6.09. The molecule has 3 nitrogen and oxygen atoms in total. The lowest BCUT2D eigenvalue weighted by Crippen LogP contribution is -2.12. The molecule has 0 bridgehead atoms. The molecule has 0 aromatic heterocycles. The van der Waals surface area contributed by atoms with E-state index in [9.17, 15) is 9.90 Å². The van der Waals surface area contributed by atoms with Crippen LogP contribution in [-0.4, -0.2) is 36.4 Å². The van der Waals surface area contributed by atoms with Gasteiger partial charge in [0.1, 0.15) is 5.75 Å². The minimum atomic E-state index is 0. The number of aromatic hydroxyl groups is 1. The average molecular weight is 516 g/mol. The third-order valence-electron chi connectivity index (χ3n) is 6.09. The number of phenols is 1. The number of carbonyl (C=O) groups excluding carboxylic acids is 1. The Labute approximate surface area is 228 Å². The molecule has 0 atom stereocenters. The Hall–Kier alpha value is -3.40. The Morgan fingerprint density at radius 1 is 0.865 bits per heavy atom. The standard InChI is InChI=1S/C20H21N.C13H16O2.ClH/c1-21(2)15-7-12-20-18-10-5-3-8-16(18)13-14-17-9-4-6-11-19(17)20;1-9(2)4-5-12-8-11(10(3)14)6-7-13(12)15;/h3-6,8-14H,7,15H2,1-2H3;4,6-8,15H,5H2,1-3H3;1H. The number of fused-ring (bicyclic) bond motifs is 2. The Morgan fingerprint density at radius 3 is 1.95 bits per heavy atom. The number of hydrogen-bond acceptors (Lipinski definition) is 3. The number of benzene rings is 3. The molecule has 4 heteroatoms. The fourth-order valence-electron chi connectivity index (χ4n) is 4.07. The summed E-state index contributed by atoms with van der Waals surface area (Å²) >= 11 is 0. The number of carbonyl (C=O) groups is 1. The van der Waals surface area contributed by atoms with Crippen molar-refractivity contribution < 1.29 is 9.90 Å². The first-order valence-corrected chi connectivity index (χ1v) is 12.4. The molecule has 0 saturated carbocycles. The zero-order chi connectivity index (χ0) is 26.1. The molecule has 4 rings (SSSR count). The van der Waals surface area contributed by atoms with Gasteiger partial charge >= 0.3 is 0 Å². The maximum Gasteiger partial charge on any atom is 0.159 e. The van der Waals surface area contributed by atoms with Gasteiger partial charge in [-0.2, -0.15) is 0 Å². The van der Waals surface area contributed by atoms with Crippen molar-refractivity contribution in [3.05, 3.63) is 118 Å². The number of nitrogens with zero attached hydrogens (tertiary/aromatic N) is 1. The molecule has 194 valence electrons. The zero-order valence-corrected chi connectivity index (χ0v) is 23.3. The van der Waals surface area contributed by atoms with Crippen LogP contribution in [0.3, 0.4) is 0 Å². The van der Waals surface area contributed by atoms with Gasteiger partial charge in [0, 0.05) is 12.1 Å². The first-order chi connectivity index (χ1) is 17.3. The summed E-state index contributed by atoms with van der Waals surface area (Å²) in [6.45, 7) is 6.61. The van der Waals surface area contributed by atoms with Crippen LogP contribution in [0.5, 0.6) is 5.75 Å². The van der Waals surface area contributed by atoms with Gasteiger partial charge in [0.15, 0.2) is 5.78 Å². The SMILES string of the molecule is CC(=O)c1ccc(O)c(CC=C(C)C)c1.CN(C)CCC=C1c2ccccc2C=Cc2ccccc21.Cl. The van der Waals surface area contributed by atoms with Crippen LogP contribution in [-0.2, 0) is 6.42 Å². The van der Waals surface area contributed by atoms with E-state index in [2.05, 4.69) is 85.8 Å². The van der Waals surface area contributed by atoms with Crippen LogP contribution in [0.15, 0.2) is 84.5 Å². The van der Waals surface area contributed by atoms with E-state index >= 15 is 0 Å². The lowest BCUT2D eigenvalue weighted by molar-refractivity contribution is 0.101. The van der Waals surface area contributed by atoms with Gasteiger partial charge in [0.25, 0.3) is 0 Å². The molecule has 0 heterocycles. The Balaban J connectivity index is 0.000000268. The molecule has 0 saturated heterocycles. The van der Waals surface area contributed by atoms with E-state index in [1.807, 2.05) is 19.9 Å². The van der Waals surface area contributed by atoms with Crippen molar-refractivity contribution in [1.29, 1.82) is 0 Å². The first-order valence-electron chi connectivity index (χ1n) is 12.4. The van der Waals surface area contributed by atoms with Gasteiger partial charge in [-0.15, -0.1) is 12.4 Å². The highest BCUT2D eigenvalue weighted by Gasteiger charge is 2.13. The van der Waals surface area contributed by atoms with Crippen LogP contribution >= 0.6 is 12.4 Å². The second-order valence-corrected chi connectivity index (χ2v) is 9.60. The molecule has 1 aliphatic carbocycles. The van der Waals surface area contributed by atoms with Crippen molar-refractivity contribution >= 4 is 35.9 Å². The van der Waals surface area contributed by atoms with Gasteiger partial charge in [0.2, 0.25) is 0 Å². The van der Waals surface area contributed by atoms with Crippen molar-refractivity contribution in [1.82, 2.24) is 4.90 Å². The molecule has 1 aliphatic rings. The number of ketones is 1. The number of rotatable bonds is 6. The van der Waals surface area contributed by atoms with Gasteiger partial charge in [-0.1, -0.05) is 78.4 Å². The van der Waals surface area contributed by atoms with E-state index in [0.717, 1.165) is 18.5 Å². The highest BCUT2D eigenvalue weighted by atomic mass is 35.5. The first kappa shape index (κ1) is 29.8. The largest absolute Gasteiger partial charge is 0.508 e. The molecular formula is C33H38ClNO2. The molecule has 3 aromatic carbocycles. The minimum Gasteiger partial charge on any atom is -0.508 e. The molecule has 0 amide bonds. The van der Waals surface area contributed by atoms with E-state index < -0.39 is 0 Å². The topological polar surface area (TPSA) is 40.5 Å². The molecule has 0 fully saturated rings. The van der Waals surface area contributed by atoms with Gasteiger partial charge < -0.3 is 10.0 Å². The second-order valence-electron chi connectivity index (χ2n) is 9.60. The Bertz CT molecular complexity index is 1250. The molecular weight excluding hydrogens is 478 g/mol. The van der Waals surface area contributed by atoms with Crippen LogP contribution in [0.1, 0.15) is 65.4 Å². The van der Waals surface area contributed by atoms with Crippen LogP contribution < -0.4 is 0 Å². The van der Waals surface area contributed by atoms with Gasteiger partial charge in [0.05, 0.1) is 0 Å². The van der Waals surface area contributed by atoms with Gasteiger partial charge in [-0.05, 0) is 99.3 Å². The third kappa shape index (κ3) is 8.59. The Kier molecular flexibility index (Phi) is 11.6. The van der Waals surface area contributed by atoms with Gasteiger partial charge in [-0.3, -0.25) is 4.79 Å². The monoisotopic (exact) mass is 515 g/mol. The summed E-state index contributed by atoms with van der Waals surface area (Å²) in [4.78, 5) is 13.4. The summed E-state index contributed by atoms with van der Waals surface area (Å²) in [5.41, 5.74) is 9.24. The van der Waals surface area contributed by atoms with E-state index in [-0.39, 0.29) is 23.9 Å². The van der Waals surface area contributed by atoms with E-state index in [1.165, 1.54) is 40.3 Å². The smallest absolute Gasteiger partial charge is 0.159 e. The summed E-state index contributed by atoms with van der Waals surface area (Å²) < 4.78 is 0. The summed E-state index contributed by atoms with van der Waals surface area (Å²) in [5, 5.41) is 9.59. The van der Waals surface area contributed by atoms with E-state index in [0.29, 0.717) is 12.0 Å². The molecule has 0 unspecified atom stereocenters. The van der Waals surface area contributed by atoms with Gasteiger partial charge in [-0.25, -0.2) is 0 Å². The van der Waals surface area contributed by atoms with Crippen molar-refractivity contribution in [3.8, 4) is 5.75 Å². The molecule has 0 aliphatic heterocycles. The van der Waals surface area contributed by atoms with Crippen molar-refractivity contribution in [2.45, 2.75) is 33.6 Å². The van der Waals surface area contributed by atoms with Crippen LogP contribution in [0.25, 0.3) is 17.7 Å². The Morgan fingerprint density at radius 2 is 1.43 bits per heavy atom. The van der Waals surface area contributed by atoms with Crippen LogP contribution in [0.4, 0.5) is 0 Å². The highest BCUT2D eigenvalue weighted by molar-refractivity contribution is 5.94. The summed E-state index contributed by atoms with van der Waals surface area (Å²) in [6, 6.07) is 22.3. The molecule has 1 N–H and O–H groups in total.